The summed E-state index contributed by atoms with van der Waals surface area (Å²) >= 11 is 3.61. The topological polar surface area (TPSA) is 52.2 Å². The van der Waals surface area contributed by atoms with Gasteiger partial charge in [0.05, 0.1) is 17.1 Å². The number of aryl methyl sites for hydroxylation is 1. The van der Waals surface area contributed by atoms with Gasteiger partial charge in [-0.2, -0.15) is 0 Å². The Labute approximate surface area is 166 Å². The molecule has 0 spiro atoms. The number of halogens is 1. The second-order valence-electron chi connectivity index (χ2n) is 7.50. The summed E-state index contributed by atoms with van der Waals surface area (Å²) in [6, 6.07) is 10.3. The third kappa shape index (κ3) is 2.62. The SMILES string of the molecule is Cc1c(Br)cc2[nH]c(-c3ccc(C(=O)N4C5CCN4CC5)cc3)nc2c1C. The normalized spacial score (nSPS) is 21.4. The maximum atomic E-state index is 12.9. The number of hydrogen-bond acceptors (Lipinski definition) is 3. The van der Waals surface area contributed by atoms with Gasteiger partial charge in [-0.3, -0.25) is 9.80 Å². The number of nitrogens with zero attached hydrogens (tertiary/aromatic N) is 3. The molecule has 1 aromatic heterocycles. The van der Waals surface area contributed by atoms with Crippen LogP contribution >= 0.6 is 15.9 Å². The molecule has 2 fully saturated rings. The van der Waals surface area contributed by atoms with Crippen molar-refractivity contribution in [1.82, 2.24) is 20.0 Å². The number of fused-ring (bicyclic) bond motifs is 3. The van der Waals surface area contributed by atoms with Crippen LogP contribution < -0.4 is 0 Å². The van der Waals surface area contributed by atoms with E-state index in [0.717, 1.165) is 58.4 Å². The Kier molecular flexibility index (Phi) is 3.88. The number of imidazole rings is 1. The molecule has 0 radical (unpaired) electrons. The average molecular weight is 425 g/mol. The summed E-state index contributed by atoms with van der Waals surface area (Å²) < 4.78 is 1.08. The second kappa shape index (κ2) is 6.17. The zero-order valence-corrected chi connectivity index (χ0v) is 17.0. The third-order valence-electron chi connectivity index (χ3n) is 5.98. The summed E-state index contributed by atoms with van der Waals surface area (Å²) in [4.78, 5) is 21.1. The summed E-state index contributed by atoms with van der Waals surface area (Å²) in [5, 5.41) is 4.14. The number of rotatable bonds is 2. The molecule has 0 saturated carbocycles. The fraction of sp³-hybridized carbons (Fsp3) is 0.333. The van der Waals surface area contributed by atoms with E-state index in [1.54, 1.807) is 0 Å². The third-order valence-corrected chi connectivity index (χ3v) is 6.81. The Bertz CT molecular complexity index is 1040. The first kappa shape index (κ1) is 17.0. The molecular formula is C21H21BrN4O. The van der Waals surface area contributed by atoms with Crippen molar-refractivity contribution < 1.29 is 4.79 Å². The molecule has 1 N–H and O–H groups in total. The lowest BCUT2D eigenvalue weighted by Gasteiger charge is -2.23. The first-order chi connectivity index (χ1) is 13.0. The number of aromatic nitrogens is 2. The maximum absolute atomic E-state index is 12.9. The van der Waals surface area contributed by atoms with Crippen LogP contribution in [0.4, 0.5) is 0 Å². The van der Waals surface area contributed by atoms with Crippen molar-refractivity contribution in [1.29, 1.82) is 0 Å². The fourth-order valence-corrected chi connectivity index (χ4v) is 4.77. The minimum absolute atomic E-state index is 0.113. The molecule has 2 saturated heterocycles. The molecule has 138 valence electrons. The lowest BCUT2D eigenvalue weighted by molar-refractivity contribution is 0.0334. The smallest absolute Gasteiger partial charge is 0.268 e. The maximum Gasteiger partial charge on any atom is 0.268 e. The molecule has 5 nitrogen and oxygen atoms in total. The highest BCUT2D eigenvalue weighted by atomic mass is 79.9. The molecular weight excluding hydrogens is 404 g/mol. The first-order valence-electron chi connectivity index (χ1n) is 9.37. The van der Waals surface area contributed by atoms with Gasteiger partial charge >= 0.3 is 0 Å². The van der Waals surface area contributed by atoms with E-state index in [1.807, 2.05) is 29.3 Å². The van der Waals surface area contributed by atoms with Crippen molar-refractivity contribution in [3.63, 3.8) is 0 Å². The summed E-state index contributed by atoms with van der Waals surface area (Å²) in [5.74, 6) is 0.941. The molecule has 2 aromatic carbocycles. The Balaban J connectivity index is 1.46. The number of hydrogen-bond donors (Lipinski definition) is 1. The predicted octanol–water partition coefficient (Wildman–Crippen LogP) is 4.44. The minimum atomic E-state index is 0.113. The van der Waals surface area contributed by atoms with Crippen molar-refractivity contribution in [3.8, 4) is 11.4 Å². The van der Waals surface area contributed by atoms with Crippen molar-refractivity contribution in [2.75, 3.05) is 13.1 Å². The van der Waals surface area contributed by atoms with E-state index in [4.69, 9.17) is 4.98 Å². The van der Waals surface area contributed by atoms with Gasteiger partial charge in [-0.15, -0.1) is 0 Å². The van der Waals surface area contributed by atoms with Gasteiger partial charge in [-0.25, -0.2) is 9.99 Å². The quantitative estimate of drug-likeness (QED) is 0.661. The number of carbonyl (C=O) groups is 1. The number of benzene rings is 2. The first-order valence-corrected chi connectivity index (χ1v) is 10.2. The number of piperidine rings is 1. The van der Waals surface area contributed by atoms with Crippen LogP contribution in [0.2, 0.25) is 0 Å². The van der Waals surface area contributed by atoms with E-state index >= 15 is 0 Å². The lowest BCUT2D eigenvalue weighted by Crippen LogP contribution is -2.38. The number of H-pyrrole nitrogens is 1. The van der Waals surface area contributed by atoms with Gasteiger partial charge < -0.3 is 4.98 Å². The number of carbonyl (C=O) groups excluding carboxylic acids is 1. The van der Waals surface area contributed by atoms with Crippen molar-refractivity contribution >= 4 is 32.9 Å². The molecule has 0 atom stereocenters. The van der Waals surface area contributed by atoms with Crippen LogP contribution in [-0.2, 0) is 0 Å². The second-order valence-corrected chi connectivity index (χ2v) is 8.36. The molecule has 0 aliphatic carbocycles. The van der Waals surface area contributed by atoms with E-state index in [1.165, 1.54) is 11.1 Å². The molecule has 3 heterocycles. The van der Waals surface area contributed by atoms with Crippen LogP contribution in [0.5, 0.6) is 0 Å². The van der Waals surface area contributed by atoms with Crippen LogP contribution in [0.25, 0.3) is 22.4 Å². The lowest BCUT2D eigenvalue weighted by atomic mass is 10.1. The molecule has 2 bridgehead atoms. The van der Waals surface area contributed by atoms with Gasteiger partial charge in [0.25, 0.3) is 5.91 Å². The van der Waals surface area contributed by atoms with Crippen LogP contribution in [0.3, 0.4) is 0 Å². The summed E-state index contributed by atoms with van der Waals surface area (Å²) in [5.41, 5.74) is 6.11. The van der Waals surface area contributed by atoms with E-state index < -0.39 is 0 Å². The molecule has 2 aliphatic heterocycles. The Morgan fingerprint density at radius 2 is 1.85 bits per heavy atom. The van der Waals surface area contributed by atoms with Crippen LogP contribution in [0.1, 0.15) is 34.3 Å². The molecule has 5 rings (SSSR count). The van der Waals surface area contributed by atoms with Gasteiger partial charge in [-0.05, 0) is 56.0 Å². The molecule has 2 aliphatic rings. The highest BCUT2D eigenvalue weighted by molar-refractivity contribution is 9.10. The number of amides is 1. The number of nitrogens with one attached hydrogen (secondary N) is 1. The average Bonchev–Trinajstić information content (AvgIpc) is 3.40. The molecule has 27 heavy (non-hydrogen) atoms. The van der Waals surface area contributed by atoms with Crippen LogP contribution in [0, 0.1) is 13.8 Å². The van der Waals surface area contributed by atoms with E-state index in [2.05, 4.69) is 45.8 Å². The van der Waals surface area contributed by atoms with E-state index in [0.29, 0.717) is 6.04 Å². The van der Waals surface area contributed by atoms with Crippen LogP contribution in [0.15, 0.2) is 34.8 Å². The zero-order chi connectivity index (χ0) is 18.7. The highest BCUT2D eigenvalue weighted by Gasteiger charge is 2.40. The van der Waals surface area contributed by atoms with Crippen molar-refractivity contribution in [3.05, 3.63) is 51.5 Å². The van der Waals surface area contributed by atoms with Gasteiger partial charge in [0.1, 0.15) is 5.82 Å². The molecule has 3 aromatic rings. The van der Waals surface area contributed by atoms with Crippen LogP contribution in [-0.4, -0.2) is 45.0 Å². The van der Waals surface area contributed by atoms with Crippen molar-refractivity contribution in [2.45, 2.75) is 32.7 Å². The predicted molar refractivity (Wildman–Crippen MR) is 109 cm³/mol. The van der Waals surface area contributed by atoms with Gasteiger partial charge in [0, 0.05) is 28.7 Å². The summed E-state index contributed by atoms with van der Waals surface area (Å²) in [6.45, 7) is 6.19. The fourth-order valence-electron chi connectivity index (χ4n) is 4.25. The Hall–Kier alpha value is -2.18. The van der Waals surface area contributed by atoms with Crippen molar-refractivity contribution in [2.24, 2.45) is 0 Å². The summed E-state index contributed by atoms with van der Waals surface area (Å²) in [7, 11) is 0. The zero-order valence-electron chi connectivity index (χ0n) is 15.4. The Morgan fingerprint density at radius 3 is 2.48 bits per heavy atom. The monoisotopic (exact) mass is 424 g/mol. The van der Waals surface area contributed by atoms with E-state index in [-0.39, 0.29) is 5.91 Å². The molecule has 0 unspecified atom stereocenters. The highest BCUT2D eigenvalue weighted by Crippen LogP contribution is 2.32. The van der Waals surface area contributed by atoms with Gasteiger partial charge in [0.2, 0.25) is 0 Å². The molecule has 1 amide bonds. The largest absolute Gasteiger partial charge is 0.338 e. The number of hydrazine groups is 1. The summed E-state index contributed by atoms with van der Waals surface area (Å²) in [6.07, 6.45) is 2.19. The van der Waals surface area contributed by atoms with Gasteiger partial charge in [-0.1, -0.05) is 28.1 Å². The van der Waals surface area contributed by atoms with Gasteiger partial charge in [0.15, 0.2) is 0 Å². The molecule has 6 heteroatoms. The Morgan fingerprint density at radius 1 is 1.15 bits per heavy atom. The standard InChI is InChI=1S/C21H21BrN4O/c1-12-13(2)19-18(11-17(12)22)23-20(24-19)14-3-5-15(6-4-14)21(27)26-16-7-9-25(26)10-8-16/h3-6,11,16H,7-10H2,1-2H3,(H,23,24). The number of aromatic amines is 1. The minimum Gasteiger partial charge on any atom is -0.338 e. The van der Waals surface area contributed by atoms with E-state index in [9.17, 15) is 4.79 Å².